The molecule has 0 unspecified atom stereocenters. The van der Waals surface area contributed by atoms with E-state index in [0.717, 1.165) is 36.9 Å². The number of nitrogens with one attached hydrogen (secondary N) is 1. The molecule has 0 aromatic heterocycles. The summed E-state index contributed by atoms with van der Waals surface area (Å²) in [5.41, 5.74) is 1.82. The molecule has 1 aliphatic heterocycles. The Kier molecular flexibility index (Phi) is 4.55. The lowest BCUT2D eigenvalue weighted by Gasteiger charge is -2.32. The molecule has 124 valence electrons. The minimum Gasteiger partial charge on any atom is -0.378 e. The van der Waals surface area contributed by atoms with E-state index in [1.165, 1.54) is 0 Å². The molecular formula is C18H25N3O2. The van der Waals surface area contributed by atoms with Crippen molar-refractivity contribution in [2.24, 2.45) is 5.92 Å². The van der Waals surface area contributed by atoms with E-state index in [1.807, 2.05) is 48.2 Å². The average Bonchev–Trinajstić information content (AvgIpc) is 3.40. The zero-order valence-corrected chi connectivity index (χ0v) is 13.9. The third-order valence-corrected chi connectivity index (χ3v) is 4.71. The summed E-state index contributed by atoms with van der Waals surface area (Å²) in [6.45, 7) is 1.42. The maximum absolute atomic E-state index is 12.6. The lowest BCUT2D eigenvalue weighted by molar-refractivity contribution is -0.123. The summed E-state index contributed by atoms with van der Waals surface area (Å²) < 4.78 is 0. The smallest absolute Gasteiger partial charge is 0.253 e. The van der Waals surface area contributed by atoms with Gasteiger partial charge in [0.05, 0.1) is 0 Å². The van der Waals surface area contributed by atoms with Crippen LogP contribution in [0.15, 0.2) is 24.3 Å². The fourth-order valence-corrected chi connectivity index (χ4v) is 2.98. The van der Waals surface area contributed by atoms with Crippen LogP contribution in [0.1, 0.15) is 36.0 Å². The van der Waals surface area contributed by atoms with Crippen molar-refractivity contribution in [2.45, 2.75) is 31.7 Å². The van der Waals surface area contributed by atoms with Gasteiger partial charge in [-0.3, -0.25) is 9.59 Å². The van der Waals surface area contributed by atoms with Crippen LogP contribution >= 0.6 is 0 Å². The van der Waals surface area contributed by atoms with Gasteiger partial charge in [-0.05, 0) is 49.9 Å². The molecule has 0 radical (unpaired) electrons. The number of benzene rings is 1. The first kappa shape index (κ1) is 15.8. The first-order valence-electron chi connectivity index (χ1n) is 8.41. The van der Waals surface area contributed by atoms with E-state index in [0.29, 0.717) is 13.1 Å². The van der Waals surface area contributed by atoms with Crippen molar-refractivity contribution in [3.8, 4) is 0 Å². The number of hydrogen-bond acceptors (Lipinski definition) is 3. The van der Waals surface area contributed by atoms with E-state index < -0.39 is 0 Å². The van der Waals surface area contributed by atoms with Crippen LogP contribution in [0.25, 0.3) is 0 Å². The van der Waals surface area contributed by atoms with Crippen molar-refractivity contribution in [1.82, 2.24) is 10.2 Å². The number of hydrogen-bond donors (Lipinski definition) is 1. The van der Waals surface area contributed by atoms with Gasteiger partial charge in [0.15, 0.2) is 0 Å². The minimum atomic E-state index is 0.0854. The Morgan fingerprint density at radius 3 is 2.17 bits per heavy atom. The van der Waals surface area contributed by atoms with Gasteiger partial charge in [0.2, 0.25) is 5.91 Å². The van der Waals surface area contributed by atoms with Crippen molar-refractivity contribution in [3.63, 3.8) is 0 Å². The fourth-order valence-electron chi connectivity index (χ4n) is 2.98. The van der Waals surface area contributed by atoms with E-state index >= 15 is 0 Å². The number of anilines is 1. The molecule has 0 atom stereocenters. The molecule has 5 heteroatoms. The first-order valence-corrected chi connectivity index (χ1v) is 8.41. The minimum absolute atomic E-state index is 0.0854. The molecule has 5 nitrogen and oxygen atoms in total. The molecule has 0 bridgehead atoms. The summed E-state index contributed by atoms with van der Waals surface area (Å²) in [5.74, 6) is 0.543. The number of likely N-dealkylation sites (tertiary alicyclic amines) is 1. The van der Waals surface area contributed by atoms with Crippen LogP contribution in [0.4, 0.5) is 5.69 Å². The Morgan fingerprint density at radius 2 is 1.65 bits per heavy atom. The van der Waals surface area contributed by atoms with Crippen LogP contribution < -0.4 is 10.2 Å². The van der Waals surface area contributed by atoms with Gasteiger partial charge < -0.3 is 15.1 Å². The number of piperidine rings is 1. The summed E-state index contributed by atoms with van der Waals surface area (Å²) in [6, 6.07) is 7.94. The van der Waals surface area contributed by atoms with E-state index in [4.69, 9.17) is 0 Å². The van der Waals surface area contributed by atoms with Gasteiger partial charge in [-0.2, -0.15) is 0 Å². The molecule has 3 rings (SSSR count). The molecular weight excluding hydrogens is 290 g/mol. The van der Waals surface area contributed by atoms with Crippen LogP contribution in [-0.4, -0.2) is 49.9 Å². The number of nitrogens with zero attached hydrogens (tertiary/aromatic N) is 2. The summed E-state index contributed by atoms with van der Waals surface area (Å²) in [6.07, 6.45) is 3.76. The lowest BCUT2D eigenvalue weighted by Crippen LogP contribution is -2.46. The van der Waals surface area contributed by atoms with Gasteiger partial charge in [-0.15, -0.1) is 0 Å². The van der Waals surface area contributed by atoms with Gasteiger partial charge in [-0.25, -0.2) is 0 Å². The molecule has 1 aromatic carbocycles. The normalized spacial score (nSPS) is 18.6. The van der Waals surface area contributed by atoms with Crippen molar-refractivity contribution >= 4 is 17.5 Å². The average molecular weight is 315 g/mol. The number of carbonyl (C=O) groups excluding carboxylic acids is 2. The standard InChI is InChI=1S/C18H25N3O2/c1-20(2)16-7-5-14(6-8-16)18(23)21-11-9-15(10-12-21)19-17(22)13-3-4-13/h5-8,13,15H,3-4,9-12H2,1-2H3,(H,19,22). The summed E-state index contributed by atoms with van der Waals surface area (Å²) in [7, 11) is 3.97. The molecule has 2 aliphatic rings. The molecule has 1 aromatic rings. The zero-order valence-electron chi connectivity index (χ0n) is 13.9. The predicted molar refractivity (Wildman–Crippen MR) is 90.6 cm³/mol. The fraction of sp³-hybridized carbons (Fsp3) is 0.556. The van der Waals surface area contributed by atoms with E-state index in [1.54, 1.807) is 0 Å². The molecule has 0 spiro atoms. The Balaban J connectivity index is 1.52. The van der Waals surface area contributed by atoms with Crippen LogP contribution in [0.5, 0.6) is 0 Å². The van der Waals surface area contributed by atoms with Crippen LogP contribution in [0.2, 0.25) is 0 Å². The second kappa shape index (κ2) is 6.60. The molecule has 2 amide bonds. The number of amides is 2. The molecule has 1 saturated heterocycles. The van der Waals surface area contributed by atoms with Gasteiger partial charge >= 0.3 is 0 Å². The Morgan fingerprint density at radius 1 is 1.04 bits per heavy atom. The van der Waals surface area contributed by atoms with Crippen molar-refractivity contribution in [1.29, 1.82) is 0 Å². The van der Waals surface area contributed by atoms with Gasteiger partial charge in [0.1, 0.15) is 0 Å². The molecule has 2 fully saturated rings. The lowest BCUT2D eigenvalue weighted by atomic mass is 10.0. The highest BCUT2D eigenvalue weighted by atomic mass is 16.2. The highest BCUT2D eigenvalue weighted by molar-refractivity contribution is 5.94. The van der Waals surface area contributed by atoms with Gasteiger partial charge in [-0.1, -0.05) is 0 Å². The molecule has 1 heterocycles. The maximum Gasteiger partial charge on any atom is 0.253 e. The van der Waals surface area contributed by atoms with Crippen LogP contribution in [0, 0.1) is 5.92 Å². The van der Waals surface area contributed by atoms with Crippen LogP contribution in [0.3, 0.4) is 0 Å². The van der Waals surface area contributed by atoms with Gasteiger partial charge in [0, 0.05) is 50.4 Å². The number of carbonyl (C=O) groups is 2. The largest absolute Gasteiger partial charge is 0.378 e. The third-order valence-electron chi connectivity index (χ3n) is 4.71. The SMILES string of the molecule is CN(C)c1ccc(C(=O)N2CCC(NC(=O)C3CC3)CC2)cc1. The molecule has 1 aliphatic carbocycles. The highest BCUT2D eigenvalue weighted by Crippen LogP contribution is 2.29. The predicted octanol–water partition coefficient (Wildman–Crippen LogP) is 1.88. The van der Waals surface area contributed by atoms with Crippen molar-refractivity contribution in [3.05, 3.63) is 29.8 Å². The Hall–Kier alpha value is -2.04. The van der Waals surface area contributed by atoms with Crippen LogP contribution in [-0.2, 0) is 4.79 Å². The van der Waals surface area contributed by atoms with Crippen molar-refractivity contribution in [2.75, 3.05) is 32.1 Å². The second-order valence-electron chi connectivity index (χ2n) is 6.79. The Bertz CT molecular complexity index is 570. The summed E-state index contributed by atoms with van der Waals surface area (Å²) in [4.78, 5) is 28.3. The number of rotatable bonds is 4. The third kappa shape index (κ3) is 3.84. The first-order chi connectivity index (χ1) is 11.0. The summed E-state index contributed by atoms with van der Waals surface area (Å²) in [5, 5.41) is 3.12. The maximum atomic E-state index is 12.6. The Labute approximate surface area is 137 Å². The van der Waals surface area contributed by atoms with E-state index in [-0.39, 0.29) is 23.8 Å². The topological polar surface area (TPSA) is 52.7 Å². The van der Waals surface area contributed by atoms with E-state index in [2.05, 4.69) is 5.32 Å². The summed E-state index contributed by atoms with van der Waals surface area (Å²) >= 11 is 0. The zero-order chi connectivity index (χ0) is 16.4. The molecule has 23 heavy (non-hydrogen) atoms. The monoisotopic (exact) mass is 315 g/mol. The van der Waals surface area contributed by atoms with Gasteiger partial charge in [0.25, 0.3) is 5.91 Å². The quantitative estimate of drug-likeness (QED) is 0.923. The van der Waals surface area contributed by atoms with Crippen molar-refractivity contribution < 1.29 is 9.59 Å². The second-order valence-corrected chi connectivity index (χ2v) is 6.79. The molecule has 1 saturated carbocycles. The highest BCUT2D eigenvalue weighted by Gasteiger charge is 2.32. The van der Waals surface area contributed by atoms with E-state index in [9.17, 15) is 9.59 Å². The molecule has 1 N–H and O–H groups in total.